The Balaban J connectivity index is 1.66. The summed E-state index contributed by atoms with van der Waals surface area (Å²) >= 11 is 0. The molecule has 1 N–H and O–H groups in total. The van der Waals surface area contributed by atoms with E-state index in [0.29, 0.717) is 18.1 Å². The van der Waals surface area contributed by atoms with Gasteiger partial charge in [-0.05, 0) is 53.9 Å². The number of anilines is 1. The maximum Gasteiger partial charge on any atom is 0.161 e. The van der Waals surface area contributed by atoms with Gasteiger partial charge in [-0.2, -0.15) is 5.10 Å². The molecule has 0 saturated carbocycles. The molecule has 0 amide bonds. The summed E-state index contributed by atoms with van der Waals surface area (Å²) in [6, 6.07) is 23.8. The molecule has 3 rings (SSSR count). The van der Waals surface area contributed by atoms with Gasteiger partial charge in [-0.3, -0.25) is 5.43 Å². The summed E-state index contributed by atoms with van der Waals surface area (Å²) in [6.45, 7) is 2.58. The zero-order valence-corrected chi connectivity index (χ0v) is 15.0. The maximum absolute atomic E-state index is 5.94. The van der Waals surface area contributed by atoms with Crippen LogP contribution in [0, 0.1) is 6.92 Å². The molecule has 0 heterocycles. The molecule has 4 heteroatoms. The molecule has 3 aromatic carbocycles. The van der Waals surface area contributed by atoms with Gasteiger partial charge in [-0.25, -0.2) is 0 Å². The first-order valence-electron chi connectivity index (χ1n) is 8.46. The lowest BCUT2D eigenvalue weighted by atomic mass is 10.1. The van der Waals surface area contributed by atoms with Crippen LogP contribution in [0.5, 0.6) is 11.5 Å². The quantitative estimate of drug-likeness (QED) is 0.482. The number of aryl methyl sites for hydroxylation is 1. The molecule has 3 aromatic rings. The molecule has 0 spiro atoms. The van der Waals surface area contributed by atoms with E-state index in [2.05, 4.69) is 29.6 Å². The van der Waals surface area contributed by atoms with E-state index in [1.165, 1.54) is 5.56 Å². The summed E-state index contributed by atoms with van der Waals surface area (Å²) in [6.07, 6.45) is 1.75. The SMILES string of the molecule is COc1cc(C=NNc2ccccc2)ccc1OCc1ccccc1C. The second-order valence-electron chi connectivity index (χ2n) is 5.86. The Labute approximate surface area is 154 Å². The van der Waals surface area contributed by atoms with Gasteiger partial charge in [-0.15, -0.1) is 0 Å². The molecule has 0 aliphatic rings. The highest BCUT2D eigenvalue weighted by Gasteiger charge is 2.06. The van der Waals surface area contributed by atoms with Crippen LogP contribution in [0.1, 0.15) is 16.7 Å². The Hall–Kier alpha value is -3.27. The molecule has 26 heavy (non-hydrogen) atoms. The molecule has 0 radical (unpaired) electrons. The standard InChI is InChI=1S/C22H22N2O2/c1-17-8-6-7-9-19(17)16-26-21-13-12-18(14-22(21)25-2)15-23-24-20-10-4-3-5-11-20/h3-15,24H,16H2,1-2H3. The predicted octanol–water partition coefficient (Wildman–Crippen LogP) is 5.03. The van der Waals surface area contributed by atoms with E-state index in [1.807, 2.05) is 60.7 Å². The minimum absolute atomic E-state index is 0.506. The minimum Gasteiger partial charge on any atom is -0.493 e. The van der Waals surface area contributed by atoms with E-state index < -0.39 is 0 Å². The third-order valence-electron chi connectivity index (χ3n) is 4.01. The molecule has 4 nitrogen and oxygen atoms in total. The minimum atomic E-state index is 0.506. The van der Waals surface area contributed by atoms with E-state index in [0.717, 1.165) is 16.8 Å². The van der Waals surface area contributed by atoms with E-state index in [-0.39, 0.29) is 0 Å². The summed E-state index contributed by atoms with van der Waals surface area (Å²) in [7, 11) is 1.64. The third-order valence-corrected chi connectivity index (χ3v) is 4.01. The Morgan fingerprint density at radius 1 is 0.923 bits per heavy atom. The third kappa shape index (κ3) is 4.63. The average molecular weight is 346 g/mol. The van der Waals surface area contributed by atoms with E-state index >= 15 is 0 Å². The molecular formula is C22H22N2O2. The topological polar surface area (TPSA) is 42.8 Å². The van der Waals surface area contributed by atoms with Crippen LogP contribution in [0.3, 0.4) is 0 Å². The van der Waals surface area contributed by atoms with Gasteiger partial charge >= 0.3 is 0 Å². The van der Waals surface area contributed by atoms with Crippen LogP contribution in [-0.4, -0.2) is 13.3 Å². The van der Waals surface area contributed by atoms with Crippen LogP contribution in [0.15, 0.2) is 77.9 Å². The molecule has 0 aromatic heterocycles. The lowest BCUT2D eigenvalue weighted by Crippen LogP contribution is -2.00. The first kappa shape index (κ1) is 17.5. The second kappa shape index (κ2) is 8.72. The lowest BCUT2D eigenvalue weighted by Gasteiger charge is -2.12. The van der Waals surface area contributed by atoms with Crippen molar-refractivity contribution in [2.24, 2.45) is 5.10 Å². The summed E-state index contributed by atoms with van der Waals surface area (Å²) in [5.41, 5.74) is 7.23. The zero-order valence-electron chi connectivity index (χ0n) is 15.0. The average Bonchev–Trinajstić information content (AvgIpc) is 2.68. The van der Waals surface area contributed by atoms with Crippen molar-refractivity contribution in [2.75, 3.05) is 12.5 Å². The highest BCUT2D eigenvalue weighted by Crippen LogP contribution is 2.28. The fourth-order valence-electron chi connectivity index (χ4n) is 2.51. The van der Waals surface area contributed by atoms with Gasteiger partial charge in [-0.1, -0.05) is 42.5 Å². The van der Waals surface area contributed by atoms with Crippen LogP contribution in [0.4, 0.5) is 5.69 Å². The summed E-state index contributed by atoms with van der Waals surface area (Å²) < 4.78 is 11.4. The van der Waals surface area contributed by atoms with Crippen molar-refractivity contribution >= 4 is 11.9 Å². The normalized spacial score (nSPS) is 10.7. The van der Waals surface area contributed by atoms with Crippen molar-refractivity contribution in [3.8, 4) is 11.5 Å². The number of rotatable bonds is 7. The van der Waals surface area contributed by atoms with E-state index in [9.17, 15) is 0 Å². The van der Waals surface area contributed by atoms with Gasteiger partial charge in [0, 0.05) is 0 Å². The van der Waals surface area contributed by atoms with Gasteiger partial charge in [0.1, 0.15) is 6.61 Å². The number of hydrogen-bond donors (Lipinski definition) is 1. The Morgan fingerprint density at radius 2 is 1.69 bits per heavy atom. The van der Waals surface area contributed by atoms with E-state index in [1.54, 1.807) is 13.3 Å². The number of benzene rings is 3. The van der Waals surface area contributed by atoms with Crippen molar-refractivity contribution in [1.82, 2.24) is 0 Å². The number of ether oxygens (including phenoxy) is 2. The van der Waals surface area contributed by atoms with E-state index in [4.69, 9.17) is 9.47 Å². The summed E-state index contributed by atoms with van der Waals surface area (Å²) in [5.74, 6) is 1.39. The van der Waals surface area contributed by atoms with Crippen molar-refractivity contribution in [1.29, 1.82) is 0 Å². The Kier molecular flexibility index (Phi) is 5.88. The van der Waals surface area contributed by atoms with Crippen LogP contribution < -0.4 is 14.9 Å². The molecule has 132 valence electrons. The fraction of sp³-hybridized carbons (Fsp3) is 0.136. The van der Waals surface area contributed by atoms with Gasteiger partial charge < -0.3 is 9.47 Å². The highest BCUT2D eigenvalue weighted by atomic mass is 16.5. The predicted molar refractivity (Wildman–Crippen MR) is 106 cm³/mol. The molecule has 0 bridgehead atoms. The molecule has 0 aliphatic heterocycles. The number of hydrazone groups is 1. The first-order valence-corrected chi connectivity index (χ1v) is 8.46. The number of hydrogen-bond acceptors (Lipinski definition) is 4. The number of methoxy groups -OCH3 is 1. The van der Waals surface area contributed by atoms with Crippen molar-refractivity contribution in [3.63, 3.8) is 0 Å². The summed E-state index contributed by atoms with van der Waals surface area (Å²) in [5, 5.41) is 4.25. The second-order valence-corrected chi connectivity index (χ2v) is 5.86. The smallest absolute Gasteiger partial charge is 0.161 e. The Bertz CT molecular complexity index is 876. The monoisotopic (exact) mass is 346 g/mol. The summed E-state index contributed by atoms with van der Waals surface area (Å²) in [4.78, 5) is 0. The molecule has 0 saturated heterocycles. The fourth-order valence-corrected chi connectivity index (χ4v) is 2.51. The van der Waals surface area contributed by atoms with Gasteiger partial charge in [0.15, 0.2) is 11.5 Å². The zero-order chi connectivity index (χ0) is 18.2. The number of para-hydroxylation sites is 1. The van der Waals surface area contributed by atoms with Crippen molar-refractivity contribution < 1.29 is 9.47 Å². The lowest BCUT2D eigenvalue weighted by molar-refractivity contribution is 0.284. The van der Waals surface area contributed by atoms with Crippen molar-refractivity contribution in [3.05, 3.63) is 89.5 Å². The first-order chi connectivity index (χ1) is 12.8. The van der Waals surface area contributed by atoms with Crippen LogP contribution in [0.2, 0.25) is 0 Å². The Morgan fingerprint density at radius 3 is 2.46 bits per heavy atom. The number of nitrogens with one attached hydrogen (secondary N) is 1. The molecule has 0 unspecified atom stereocenters. The van der Waals surface area contributed by atoms with Gasteiger partial charge in [0.25, 0.3) is 0 Å². The molecule has 0 atom stereocenters. The van der Waals surface area contributed by atoms with Gasteiger partial charge in [0.05, 0.1) is 19.0 Å². The molecular weight excluding hydrogens is 324 g/mol. The van der Waals surface area contributed by atoms with Crippen LogP contribution in [-0.2, 0) is 6.61 Å². The van der Waals surface area contributed by atoms with Crippen molar-refractivity contribution in [2.45, 2.75) is 13.5 Å². The molecule has 0 fully saturated rings. The highest BCUT2D eigenvalue weighted by molar-refractivity contribution is 5.81. The van der Waals surface area contributed by atoms with Crippen LogP contribution in [0.25, 0.3) is 0 Å². The van der Waals surface area contributed by atoms with Crippen LogP contribution >= 0.6 is 0 Å². The maximum atomic E-state index is 5.94. The molecule has 0 aliphatic carbocycles. The van der Waals surface area contributed by atoms with Gasteiger partial charge in [0.2, 0.25) is 0 Å². The largest absolute Gasteiger partial charge is 0.493 e. The number of nitrogens with zero attached hydrogens (tertiary/aromatic N) is 1.